The number of hydrogen-bond donors (Lipinski definition) is 0. The first kappa shape index (κ1) is 15.1. The number of unbranched alkanes of at least 4 members (excludes halogenated alkanes) is 2. The largest absolute Gasteiger partial charge is 0.494 e. The molecule has 0 saturated heterocycles. The lowest BCUT2D eigenvalue weighted by Gasteiger charge is -2.08. The van der Waals surface area contributed by atoms with Gasteiger partial charge in [-0.15, -0.1) is 6.58 Å². The van der Waals surface area contributed by atoms with Crippen LogP contribution in [0.25, 0.3) is 10.8 Å². The van der Waals surface area contributed by atoms with Crippen molar-refractivity contribution in [1.82, 2.24) is 0 Å². The molecule has 0 heterocycles. The Morgan fingerprint density at radius 3 is 2.67 bits per heavy atom. The maximum Gasteiger partial charge on any atom is 0.337 e. The Morgan fingerprint density at radius 2 is 1.90 bits per heavy atom. The molecule has 110 valence electrons. The van der Waals surface area contributed by atoms with Crippen LogP contribution in [0, 0.1) is 0 Å². The zero-order valence-corrected chi connectivity index (χ0v) is 12.3. The molecule has 0 aliphatic heterocycles. The summed E-state index contributed by atoms with van der Waals surface area (Å²) in [5.74, 6) is 0.534. The molecular formula is C18H20O3. The van der Waals surface area contributed by atoms with Gasteiger partial charge < -0.3 is 9.47 Å². The van der Waals surface area contributed by atoms with Crippen molar-refractivity contribution in [2.45, 2.75) is 19.3 Å². The van der Waals surface area contributed by atoms with E-state index in [-0.39, 0.29) is 5.97 Å². The van der Waals surface area contributed by atoms with Gasteiger partial charge in [0.2, 0.25) is 0 Å². The molecule has 3 nitrogen and oxygen atoms in total. The molecule has 0 bridgehead atoms. The van der Waals surface area contributed by atoms with E-state index in [1.165, 1.54) is 7.11 Å². The molecule has 0 spiro atoms. The molecule has 0 atom stereocenters. The standard InChI is InChI=1S/C18H20O3/c1-3-4-5-6-11-21-17-10-9-14-12-16(18(19)20-2)8-7-15(14)13-17/h3,7-10,12-13H,1,4-6,11H2,2H3. The molecule has 2 aromatic rings. The number of allylic oxidation sites excluding steroid dienone is 1. The molecule has 0 N–H and O–H groups in total. The van der Waals surface area contributed by atoms with Gasteiger partial charge in [-0.3, -0.25) is 0 Å². The van der Waals surface area contributed by atoms with Gasteiger partial charge in [0.25, 0.3) is 0 Å². The van der Waals surface area contributed by atoms with Gasteiger partial charge in [0.1, 0.15) is 5.75 Å². The second kappa shape index (κ2) is 7.48. The summed E-state index contributed by atoms with van der Waals surface area (Å²) in [7, 11) is 1.38. The first-order chi connectivity index (χ1) is 10.2. The lowest BCUT2D eigenvalue weighted by atomic mass is 10.1. The fourth-order valence-electron chi connectivity index (χ4n) is 2.14. The van der Waals surface area contributed by atoms with Gasteiger partial charge in [0, 0.05) is 0 Å². The number of rotatable bonds is 7. The van der Waals surface area contributed by atoms with Crippen LogP contribution in [0.4, 0.5) is 0 Å². The molecule has 0 unspecified atom stereocenters. The predicted molar refractivity (Wildman–Crippen MR) is 84.8 cm³/mol. The average Bonchev–Trinajstić information content (AvgIpc) is 2.53. The molecule has 0 fully saturated rings. The first-order valence-electron chi connectivity index (χ1n) is 7.10. The number of hydrogen-bond acceptors (Lipinski definition) is 3. The number of carbonyl (C=O) groups is 1. The van der Waals surface area contributed by atoms with E-state index < -0.39 is 0 Å². The van der Waals surface area contributed by atoms with Gasteiger partial charge in [-0.25, -0.2) is 4.79 Å². The Kier molecular flexibility index (Phi) is 5.38. The van der Waals surface area contributed by atoms with E-state index in [4.69, 9.17) is 9.47 Å². The second-order valence-electron chi connectivity index (χ2n) is 4.85. The van der Waals surface area contributed by atoms with Crippen LogP contribution in [0.15, 0.2) is 49.1 Å². The van der Waals surface area contributed by atoms with Crippen LogP contribution in [0.2, 0.25) is 0 Å². The Hall–Kier alpha value is -2.29. The minimum atomic E-state index is -0.320. The van der Waals surface area contributed by atoms with Crippen molar-refractivity contribution in [3.05, 3.63) is 54.6 Å². The second-order valence-corrected chi connectivity index (χ2v) is 4.85. The van der Waals surface area contributed by atoms with Crippen LogP contribution >= 0.6 is 0 Å². The first-order valence-corrected chi connectivity index (χ1v) is 7.10. The Balaban J connectivity index is 2.04. The van der Waals surface area contributed by atoms with E-state index in [9.17, 15) is 4.79 Å². The van der Waals surface area contributed by atoms with Crippen LogP contribution in [-0.4, -0.2) is 19.7 Å². The van der Waals surface area contributed by atoms with E-state index >= 15 is 0 Å². The van der Waals surface area contributed by atoms with Crippen molar-refractivity contribution in [2.75, 3.05) is 13.7 Å². The Morgan fingerprint density at radius 1 is 1.14 bits per heavy atom. The summed E-state index contributed by atoms with van der Waals surface area (Å²) in [5.41, 5.74) is 0.558. The van der Waals surface area contributed by atoms with E-state index in [0.29, 0.717) is 12.2 Å². The summed E-state index contributed by atoms with van der Waals surface area (Å²) in [6.07, 6.45) is 5.07. The molecule has 21 heavy (non-hydrogen) atoms. The molecule has 0 amide bonds. The average molecular weight is 284 g/mol. The third kappa shape index (κ3) is 4.09. The van der Waals surface area contributed by atoms with Gasteiger partial charge in [0.05, 0.1) is 19.3 Å². The van der Waals surface area contributed by atoms with Crippen LogP contribution in [0.3, 0.4) is 0 Å². The van der Waals surface area contributed by atoms with Crippen molar-refractivity contribution in [3.63, 3.8) is 0 Å². The molecular weight excluding hydrogens is 264 g/mol. The summed E-state index contributed by atoms with van der Waals surface area (Å²) < 4.78 is 10.5. The summed E-state index contributed by atoms with van der Waals surface area (Å²) in [6.45, 7) is 4.41. The Bertz CT molecular complexity index is 631. The highest BCUT2D eigenvalue weighted by molar-refractivity contribution is 5.95. The lowest BCUT2D eigenvalue weighted by Crippen LogP contribution is -2.00. The van der Waals surface area contributed by atoms with Crippen molar-refractivity contribution >= 4 is 16.7 Å². The zero-order chi connectivity index (χ0) is 15.1. The highest BCUT2D eigenvalue weighted by Gasteiger charge is 2.06. The van der Waals surface area contributed by atoms with Crippen LogP contribution in [0.1, 0.15) is 29.6 Å². The topological polar surface area (TPSA) is 35.5 Å². The van der Waals surface area contributed by atoms with Crippen molar-refractivity contribution in [2.24, 2.45) is 0 Å². The molecule has 0 aliphatic carbocycles. The number of methoxy groups -OCH3 is 1. The number of ether oxygens (including phenoxy) is 2. The fourth-order valence-corrected chi connectivity index (χ4v) is 2.14. The van der Waals surface area contributed by atoms with Crippen LogP contribution in [0.5, 0.6) is 5.75 Å². The fraction of sp³-hybridized carbons (Fsp3) is 0.278. The number of benzene rings is 2. The zero-order valence-electron chi connectivity index (χ0n) is 12.3. The highest BCUT2D eigenvalue weighted by Crippen LogP contribution is 2.22. The Labute approximate surface area is 125 Å². The molecule has 0 aliphatic rings. The lowest BCUT2D eigenvalue weighted by molar-refractivity contribution is 0.0601. The SMILES string of the molecule is C=CCCCCOc1ccc2cc(C(=O)OC)ccc2c1. The maximum absolute atomic E-state index is 11.5. The minimum Gasteiger partial charge on any atom is -0.494 e. The third-order valence-corrected chi connectivity index (χ3v) is 3.30. The molecule has 2 rings (SSSR count). The van der Waals surface area contributed by atoms with E-state index in [2.05, 4.69) is 6.58 Å². The molecule has 0 radical (unpaired) electrons. The van der Waals surface area contributed by atoms with Crippen LogP contribution in [-0.2, 0) is 4.74 Å². The van der Waals surface area contributed by atoms with Crippen molar-refractivity contribution in [1.29, 1.82) is 0 Å². The monoisotopic (exact) mass is 284 g/mol. The minimum absolute atomic E-state index is 0.320. The normalized spacial score (nSPS) is 10.3. The van der Waals surface area contributed by atoms with Gasteiger partial charge >= 0.3 is 5.97 Å². The number of fused-ring (bicyclic) bond motifs is 1. The molecule has 3 heteroatoms. The highest BCUT2D eigenvalue weighted by atomic mass is 16.5. The van der Waals surface area contributed by atoms with Gasteiger partial charge in [0.15, 0.2) is 0 Å². The smallest absolute Gasteiger partial charge is 0.337 e. The van der Waals surface area contributed by atoms with Crippen molar-refractivity contribution in [3.8, 4) is 5.75 Å². The summed E-state index contributed by atoms with van der Waals surface area (Å²) >= 11 is 0. The number of esters is 1. The summed E-state index contributed by atoms with van der Waals surface area (Å²) in [4.78, 5) is 11.5. The van der Waals surface area contributed by atoms with Gasteiger partial charge in [-0.2, -0.15) is 0 Å². The predicted octanol–water partition coefficient (Wildman–Crippen LogP) is 4.36. The maximum atomic E-state index is 11.5. The van der Waals surface area contributed by atoms with Gasteiger partial charge in [-0.1, -0.05) is 18.2 Å². The third-order valence-electron chi connectivity index (χ3n) is 3.30. The van der Waals surface area contributed by atoms with E-state index in [0.717, 1.165) is 35.8 Å². The molecule has 0 aromatic heterocycles. The van der Waals surface area contributed by atoms with Crippen molar-refractivity contribution < 1.29 is 14.3 Å². The number of carbonyl (C=O) groups excluding carboxylic acids is 1. The van der Waals surface area contributed by atoms with E-state index in [1.807, 2.05) is 36.4 Å². The summed E-state index contributed by atoms with van der Waals surface area (Å²) in [5, 5.41) is 2.04. The molecule has 0 saturated carbocycles. The molecule has 2 aromatic carbocycles. The van der Waals surface area contributed by atoms with Gasteiger partial charge in [-0.05, 0) is 54.3 Å². The van der Waals surface area contributed by atoms with Crippen LogP contribution < -0.4 is 4.74 Å². The van der Waals surface area contributed by atoms with E-state index in [1.54, 1.807) is 6.07 Å². The quantitative estimate of drug-likeness (QED) is 0.430. The summed E-state index contributed by atoms with van der Waals surface area (Å²) in [6, 6.07) is 11.4.